The number of aryl methyl sites for hydroxylation is 2. The Morgan fingerprint density at radius 2 is 2.20 bits per heavy atom. The third-order valence-corrected chi connectivity index (χ3v) is 3.09. The van der Waals surface area contributed by atoms with Crippen molar-refractivity contribution in [3.63, 3.8) is 0 Å². The lowest BCUT2D eigenvalue weighted by Gasteiger charge is -2.09. The van der Waals surface area contributed by atoms with Gasteiger partial charge in [-0.05, 0) is 18.6 Å². The molecule has 0 bridgehead atoms. The van der Waals surface area contributed by atoms with E-state index in [1.165, 1.54) is 0 Å². The van der Waals surface area contributed by atoms with Crippen LogP contribution in [-0.2, 0) is 17.8 Å². The highest BCUT2D eigenvalue weighted by molar-refractivity contribution is 5.93. The number of nitrogens with zero attached hydrogens (tertiary/aromatic N) is 2. The van der Waals surface area contributed by atoms with Crippen molar-refractivity contribution in [2.45, 2.75) is 32.7 Å². The van der Waals surface area contributed by atoms with E-state index in [1.807, 2.05) is 22.9 Å². The zero-order valence-electron chi connectivity index (χ0n) is 11.7. The summed E-state index contributed by atoms with van der Waals surface area (Å²) in [5, 5.41) is 2.83. The maximum atomic E-state index is 11.9. The minimum absolute atomic E-state index is 0.0425. The van der Waals surface area contributed by atoms with Crippen molar-refractivity contribution in [2.75, 3.05) is 11.1 Å². The number of amides is 1. The second kappa shape index (κ2) is 6.75. The van der Waals surface area contributed by atoms with Gasteiger partial charge in [0.05, 0.1) is 11.4 Å². The zero-order valence-corrected chi connectivity index (χ0v) is 11.7. The van der Waals surface area contributed by atoms with Gasteiger partial charge in [0.15, 0.2) is 0 Å². The summed E-state index contributed by atoms with van der Waals surface area (Å²) in [6, 6.07) is 7.26. The van der Waals surface area contributed by atoms with Crippen molar-refractivity contribution in [3.05, 3.63) is 42.5 Å². The summed E-state index contributed by atoms with van der Waals surface area (Å²) in [6.45, 7) is 2.75. The molecule has 0 saturated carbocycles. The molecule has 0 unspecified atom stereocenters. The lowest BCUT2D eigenvalue weighted by Crippen LogP contribution is -2.16. The second-order valence-electron chi connectivity index (χ2n) is 4.67. The summed E-state index contributed by atoms with van der Waals surface area (Å²) in [4.78, 5) is 16.2. The number of para-hydroxylation sites is 2. The Bertz CT molecular complexity index is 577. The van der Waals surface area contributed by atoms with Crippen molar-refractivity contribution in [1.29, 1.82) is 0 Å². The number of rotatable bonds is 6. The number of carbonyl (C=O) groups excluding carboxylic acids is 1. The quantitative estimate of drug-likeness (QED) is 0.793. The minimum Gasteiger partial charge on any atom is -0.397 e. The van der Waals surface area contributed by atoms with Crippen molar-refractivity contribution in [3.8, 4) is 0 Å². The molecule has 106 valence electrons. The van der Waals surface area contributed by atoms with Crippen LogP contribution in [0, 0.1) is 0 Å². The number of benzene rings is 1. The van der Waals surface area contributed by atoms with E-state index in [-0.39, 0.29) is 5.91 Å². The van der Waals surface area contributed by atoms with E-state index in [4.69, 9.17) is 5.73 Å². The molecule has 1 heterocycles. The van der Waals surface area contributed by atoms with Crippen LogP contribution in [0.3, 0.4) is 0 Å². The number of hydrogen-bond acceptors (Lipinski definition) is 3. The van der Waals surface area contributed by atoms with E-state index in [2.05, 4.69) is 17.2 Å². The fourth-order valence-corrected chi connectivity index (χ4v) is 2.04. The van der Waals surface area contributed by atoms with E-state index in [0.29, 0.717) is 24.3 Å². The first kappa shape index (κ1) is 14.1. The summed E-state index contributed by atoms with van der Waals surface area (Å²) >= 11 is 0. The van der Waals surface area contributed by atoms with Crippen LogP contribution in [0.1, 0.15) is 25.6 Å². The standard InChI is InChI=1S/C15H20N4O/c1-2-5-14-17-9-11-19(14)10-8-15(20)18-13-7-4-3-6-12(13)16/h3-4,6-7,9,11H,2,5,8,10,16H2,1H3,(H,18,20). The SMILES string of the molecule is CCCc1nccn1CCC(=O)Nc1ccccc1N. The van der Waals surface area contributed by atoms with Crippen molar-refractivity contribution >= 4 is 17.3 Å². The molecule has 0 radical (unpaired) electrons. The summed E-state index contributed by atoms with van der Waals surface area (Å²) in [6.07, 6.45) is 6.07. The number of nitrogen functional groups attached to an aromatic ring is 1. The minimum atomic E-state index is -0.0425. The Balaban J connectivity index is 1.89. The van der Waals surface area contributed by atoms with Crippen LogP contribution < -0.4 is 11.1 Å². The largest absolute Gasteiger partial charge is 0.397 e. The molecule has 0 aliphatic rings. The number of nitrogens with two attached hydrogens (primary N) is 1. The van der Waals surface area contributed by atoms with E-state index in [1.54, 1.807) is 18.3 Å². The number of anilines is 2. The summed E-state index contributed by atoms with van der Waals surface area (Å²) in [5.41, 5.74) is 7.04. The Labute approximate surface area is 118 Å². The summed E-state index contributed by atoms with van der Waals surface area (Å²) in [5.74, 6) is 0.985. The molecule has 0 atom stereocenters. The molecule has 1 aromatic heterocycles. The van der Waals surface area contributed by atoms with Gasteiger partial charge in [-0.15, -0.1) is 0 Å². The molecular formula is C15H20N4O. The normalized spacial score (nSPS) is 10.4. The molecule has 20 heavy (non-hydrogen) atoms. The second-order valence-corrected chi connectivity index (χ2v) is 4.67. The highest BCUT2D eigenvalue weighted by atomic mass is 16.1. The lowest BCUT2D eigenvalue weighted by molar-refractivity contribution is -0.116. The van der Waals surface area contributed by atoms with E-state index in [9.17, 15) is 4.79 Å². The number of hydrogen-bond donors (Lipinski definition) is 2. The van der Waals surface area contributed by atoms with Gasteiger partial charge < -0.3 is 15.6 Å². The monoisotopic (exact) mass is 272 g/mol. The Hall–Kier alpha value is -2.30. The number of nitrogens with one attached hydrogen (secondary N) is 1. The van der Waals surface area contributed by atoms with Gasteiger partial charge in [-0.1, -0.05) is 19.1 Å². The van der Waals surface area contributed by atoms with Gasteiger partial charge in [0.25, 0.3) is 0 Å². The Morgan fingerprint density at radius 1 is 1.40 bits per heavy atom. The molecule has 0 aliphatic heterocycles. The first-order valence-corrected chi connectivity index (χ1v) is 6.85. The van der Waals surface area contributed by atoms with Gasteiger partial charge in [-0.3, -0.25) is 4.79 Å². The average Bonchev–Trinajstić information content (AvgIpc) is 2.87. The predicted molar refractivity (Wildman–Crippen MR) is 80.3 cm³/mol. The number of imidazole rings is 1. The molecule has 1 aromatic carbocycles. The van der Waals surface area contributed by atoms with E-state index >= 15 is 0 Å². The lowest BCUT2D eigenvalue weighted by atomic mass is 10.2. The van der Waals surface area contributed by atoms with Crippen LogP contribution in [-0.4, -0.2) is 15.5 Å². The van der Waals surface area contributed by atoms with E-state index in [0.717, 1.165) is 18.7 Å². The molecule has 0 saturated heterocycles. The molecule has 5 heteroatoms. The van der Waals surface area contributed by atoms with Crippen LogP contribution >= 0.6 is 0 Å². The van der Waals surface area contributed by atoms with Gasteiger partial charge in [-0.25, -0.2) is 4.98 Å². The highest BCUT2D eigenvalue weighted by Gasteiger charge is 2.07. The molecule has 3 N–H and O–H groups in total. The summed E-state index contributed by atoms with van der Waals surface area (Å²) < 4.78 is 2.03. The summed E-state index contributed by atoms with van der Waals surface area (Å²) in [7, 11) is 0. The predicted octanol–water partition coefficient (Wildman–Crippen LogP) is 2.45. The van der Waals surface area contributed by atoms with Crippen LogP contribution in [0.25, 0.3) is 0 Å². The number of carbonyl (C=O) groups is 1. The molecule has 2 aromatic rings. The smallest absolute Gasteiger partial charge is 0.226 e. The molecule has 0 aliphatic carbocycles. The first-order valence-electron chi connectivity index (χ1n) is 6.85. The van der Waals surface area contributed by atoms with Crippen molar-refractivity contribution < 1.29 is 4.79 Å². The maximum Gasteiger partial charge on any atom is 0.226 e. The van der Waals surface area contributed by atoms with Crippen LogP contribution in [0.5, 0.6) is 0 Å². The third-order valence-electron chi connectivity index (χ3n) is 3.09. The highest BCUT2D eigenvalue weighted by Crippen LogP contribution is 2.16. The Kier molecular flexibility index (Phi) is 4.76. The van der Waals surface area contributed by atoms with Gasteiger partial charge in [0.2, 0.25) is 5.91 Å². The third kappa shape index (κ3) is 3.60. The molecule has 0 fully saturated rings. The van der Waals surface area contributed by atoms with Gasteiger partial charge in [0.1, 0.15) is 5.82 Å². The molecule has 0 spiro atoms. The topological polar surface area (TPSA) is 72.9 Å². The number of aromatic nitrogens is 2. The van der Waals surface area contributed by atoms with Crippen molar-refractivity contribution in [1.82, 2.24) is 9.55 Å². The van der Waals surface area contributed by atoms with Crippen LogP contribution in [0.2, 0.25) is 0 Å². The first-order chi connectivity index (χ1) is 9.70. The molecule has 2 rings (SSSR count). The van der Waals surface area contributed by atoms with Gasteiger partial charge in [-0.2, -0.15) is 0 Å². The van der Waals surface area contributed by atoms with E-state index < -0.39 is 0 Å². The van der Waals surface area contributed by atoms with Crippen LogP contribution in [0.15, 0.2) is 36.7 Å². The van der Waals surface area contributed by atoms with Crippen molar-refractivity contribution in [2.24, 2.45) is 0 Å². The average molecular weight is 272 g/mol. The molecular weight excluding hydrogens is 252 g/mol. The van der Waals surface area contributed by atoms with Gasteiger partial charge >= 0.3 is 0 Å². The van der Waals surface area contributed by atoms with Crippen LogP contribution in [0.4, 0.5) is 11.4 Å². The fraction of sp³-hybridized carbons (Fsp3) is 0.333. The zero-order chi connectivity index (χ0) is 14.4. The maximum absolute atomic E-state index is 11.9. The molecule has 5 nitrogen and oxygen atoms in total. The fourth-order valence-electron chi connectivity index (χ4n) is 2.04. The molecule has 1 amide bonds. The van der Waals surface area contributed by atoms with Gasteiger partial charge in [0, 0.05) is 31.8 Å². The Morgan fingerprint density at radius 3 is 2.95 bits per heavy atom.